The van der Waals surface area contributed by atoms with Crippen molar-refractivity contribution < 1.29 is 4.79 Å². The fourth-order valence-electron chi connectivity index (χ4n) is 1.07. The molecule has 7 heteroatoms. The summed E-state index contributed by atoms with van der Waals surface area (Å²) in [5.41, 5.74) is 1.63. The lowest BCUT2D eigenvalue weighted by Gasteiger charge is -2.04. The van der Waals surface area contributed by atoms with Crippen LogP contribution in [0, 0.1) is 0 Å². The zero-order valence-corrected chi connectivity index (χ0v) is 8.70. The van der Waals surface area contributed by atoms with Crippen molar-refractivity contribution in [1.29, 1.82) is 0 Å². The molecule has 0 saturated carbocycles. The summed E-state index contributed by atoms with van der Waals surface area (Å²) in [5.74, 6) is 4.64. The van der Waals surface area contributed by atoms with Crippen molar-refractivity contribution in [3.05, 3.63) is 27.9 Å². The number of carbonyl (C=O) groups is 1. The summed E-state index contributed by atoms with van der Waals surface area (Å²) in [6, 6.07) is 0. The Morgan fingerprint density at radius 3 is 3.07 bits per heavy atom. The minimum atomic E-state index is -0.382. The van der Waals surface area contributed by atoms with Crippen LogP contribution < -0.4 is 17.0 Å². The van der Waals surface area contributed by atoms with E-state index in [9.17, 15) is 9.59 Å². The summed E-state index contributed by atoms with van der Waals surface area (Å²) in [7, 11) is 0. The van der Waals surface area contributed by atoms with Crippen molar-refractivity contribution in [3.8, 4) is 0 Å². The van der Waals surface area contributed by atoms with Gasteiger partial charge in [0.15, 0.2) is 0 Å². The number of nitrogens with zero attached hydrogens (tertiary/aromatic N) is 2. The third kappa shape index (κ3) is 3.69. The van der Waals surface area contributed by atoms with Gasteiger partial charge in [0.25, 0.3) is 0 Å². The summed E-state index contributed by atoms with van der Waals surface area (Å²) >= 11 is 5.66. The number of hydrazine groups is 1. The third-order valence-corrected chi connectivity index (χ3v) is 1.98. The summed E-state index contributed by atoms with van der Waals surface area (Å²) in [6.07, 6.45) is 3.53. The Hall–Kier alpha value is -1.40. The van der Waals surface area contributed by atoms with Crippen LogP contribution in [0.25, 0.3) is 0 Å². The van der Waals surface area contributed by atoms with Crippen molar-refractivity contribution in [1.82, 2.24) is 15.0 Å². The van der Waals surface area contributed by atoms with E-state index in [1.807, 2.05) is 5.43 Å². The fraction of sp³-hybridized carbons (Fsp3) is 0.375. The molecule has 82 valence electrons. The summed E-state index contributed by atoms with van der Waals surface area (Å²) in [4.78, 5) is 25.5. The van der Waals surface area contributed by atoms with E-state index >= 15 is 0 Å². The highest BCUT2D eigenvalue weighted by Crippen LogP contribution is 2.02. The normalized spacial score (nSPS) is 10.0. The minimum absolute atomic E-state index is 0.259. The van der Waals surface area contributed by atoms with Crippen LogP contribution in [0.1, 0.15) is 12.8 Å². The van der Waals surface area contributed by atoms with Gasteiger partial charge in [0.1, 0.15) is 0 Å². The lowest BCUT2D eigenvalue weighted by Crippen LogP contribution is -2.30. The van der Waals surface area contributed by atoms with Gasteiger partial charge in [0, 0.05) is 19.2 Å². The monoisotopic (exact) mass is 230 g/mol. The average molecular weight is 231 g/mol. The second kappa shape index (κ2) is 5.47. The van der Waals surface area contributed by atoms with Crippen LogP contribution in [0.15, 0.2) is 17.2 Å². The number of carbonyl (C=O) groups excluding carboxylic acids is 1. The number of nitrogens with two attached hydrogens (primary N) is 1. The summed E-state index contributed by atoms with van der Waals surface area (Å²) in [5, 5.41) is 0.387. The predicted octanol–water partition coefficient (Wildman–Crippen LogP) is -0.333. The number of hydrogen-bond acceptors (Lipinski definition) is 4. The smallest absolute Gasteiger partial charge is 0.298 e. The van der Waals surface area contributed by atoms with Gasteiger partial charge in [0.05, 0.1) is 11.2 Å². The van der Waals surface area contributed by atoms with Crippen LogP contribution in [-0.2, 0) is 11.3 Å². The van der Waals surface area contributed by atoms with E-state index in [1.165, 1.54) is 17.0 Å². The molecule has 0 spiro atoms. The second-order valence-electron chi connectivity index (χ2n) is 2.92. The molecule has 1 aromatic rings. The van der Waals surface area contributed by atoms with E-state index in [-0.39, 0.29) is 18.0 Å². The van der Waals surface area contributed by atoms with E-state index < -0.39 is 0 Å². The van der Waals surface area contributed by atoms with Gasteiger partial charge in [0.2, 0.25) is 5.91 Å². The topological polar surface area (TPSA) is 90.0 Å². The second-order valence-corrected chi connectivity index (χ2v) is 3.36. The first kappa shape index (κ1) is 11.7. The Morgan fingerprint density at radius 2 is 2.40 bits per heavy atom. The molecule has 0 fully saturated rings. The molecule has 0 aliphatic rings. The molecule has 0 aliphatic carbocycles. The maximum Gasteiger partial charge on any atom is 0.347 e. The van der Waals surface area contributed by atoms with Crippen LogP contribution >= 0.6 is 11.6 Å². The van der Waals surface area contributed by atoms with Gasteiger partial charge < -0.3 is 0 Å². The van der Waals surface area contributed by atoms with Crippen molar-refractivity contribution in [2.45, 2.75) is 19.4 Å². The van der Waals surface area contributed by atoms with E-state index in [0.29, 0.717) is 18.0 Å². The van der Waals surface area contributed by atoms with Crippen molar-refractivity contribution in [2.24, 2.45) is 5.84 Å². The van der Waals surface area contributed by atoms with Gasteiger partial charge in [-0.3, -0.25) is 14.8 Å². The Bertz CT molecular complexity index is 404. The molecule has 1 heterocycles. The van der Waals surface area contributed by atoms with Crippen molar-refractivity contribution >= 4 is 17.5 Å². The Balaban J connectivity index is 2.54. The van der Waals surface area contributed by atoms with Crippen LogP contribution in [-0.4, -0.2) is 15.5 Å². The molecular weight excluding hydrogens is 220 g/mol. The number of amides is 1. The quantitative estimate of drug-likeness (QED) is 0.421. The van der Waals surface area contributed by atoms with Gasteiger partial charge in [-0.15, -0.1) is 0 Å². The van der Waals surface area contributed by atoms with E-state index in [4.69, 9.17) is 17.4 Å². The highest BCUT2D eigenvalue weighted by Gasteiger charge is 2.01. The number of aromatic nitrogens is 2. The van der Waals surface area contributed by atoms with Gasteiger partial charge in [-0.1, -0.05) is 11.6 Å². The minimum Gasteiger partial charge on any atom is -0.298 e. The molecule has 3 N–H and O–H groups in total. The Morgan fingerprint density at radius 1 is 1.67 bits per heavy atom. The molecule has 0 aromatic carbocycles. The lowest BCUT2D eigenvalue weighted by molar-refractivity contribution is -0.121. The zero-order valence-electron chi connectivity index (χ0n) is 7.94. The predicted molar refractivity (Wildman–Crippen MR) is 55.1 cm³/mol. The largest absolute Gasteiger partial charge is 0.347 e. The molecule has 0 radical (unpaired) electrons. The molecule has 6 nitrogen and oxygen atoms in total. The van der Waals surface area contributed by atoms with Gasteiger partial charge in [-0.05, 0) is 6.42 Å². The molecule has 0 aliphatic heterocycles. The number of nitrogens with one attached hydrogen (secondary N) is 1. The van der Waals surface area contributed by atoms with Crippen LogP contribution in [0.5, 0.6) is 0 Å². The number of hydrogen-bond donors (Lipinski definition) is 2. The molecule has 15 heavy (non-hydrogen) atoms. The highest BCUT2D eigenvalue weighted by atomic mass is 35.5. The maximum atomic E-state index is 11.2. The Kier molecular flexibility index (Phi) is 4.26. The number of aryl methyl sites for hydroxylation is 1. The van der Waals surface area contributed by atoms with Crippen molar-refractivity contribution in [3.63, 3.8) is 0 Å². The fourth-order valence-corrected chi connectivity index (χ4v) is 1.24. The lowest BCUT2D eigenvalue weighted by atomic mass is 10.3. The van der Waals surface area contributed by atoms with E-state index in [0.717, 1.165) is 0 Å². The van der Waals surface area contributed by atoms with Crippen molar-refractivity contribution in [2.75, 3.05) is 0 Å². The van der Waals surface area contributed by atoms with Crippen LogP contribution in [0.3, 0.4) is 0 Å². The summed E-state index contributed by atoms with van der Waals surface area (Å²) in [6.45, 7) is 0.389. The molecule has 1 aromatic heterocycles. The first-order chi connectivity index (χ1) is 7.13. The van der Waals surface area contributed by atoms with Crippen LogP contribution in [0.4, 0.5) is 0 Å². The van der Waals surface area contributed by atoms with Crippen LogP contribution in [0.2, 0.25) is 5.02 Å². The molecule has 0 saturated heterocycles. The van der Waals surface area contributed by atoms with E-state index in [2.05, 4.69) is 4.98 Å². The molecule has 0 bridgehead atoms. The first-order valence-electron chi connectivity index (χ1n) is 4.35. The highest BCUT2D eigenvalue weighted by molar-refractivity contribution is 6.30. The summed E-state index contributed by atoms with van der Waals surface area (Å²) < 4.78 is 1.35. The maximum absolute atomic E-state index is 11.2. The molecule has 0 unspecified atom stereocenters. The molecular formula is C8H11ClN4O2. The first-order valence-corrected chi connectivity index (χ1v) is 4.72. The van der Waals surface area contributed by atoms with E-state index in [1.54, 1.807) is 0 Å². The number of halogens is 1. The zero-order chi connectivity index (χ0) is 11.3. The molecule has 1 rings (SSSR count). The third-order valence-electron chi connectivity index (χ3n) is 1.79. The van der Waals surface area contributed by atoms with Gasteiger partial charge >= 0.3 is 5.69 Å². The van der Waals surface area contributed by atoms with Gasteiger partial charge in [-0.2, -0.15) is 0 Å². The average Bonchev–Trinajstić information content (AvgIpc) is 2.23. The standard InChI is InChI=1S/C8H11ClN4O2/c9-6-4-11-8(15)13(5-6)3-1-2-7(14)12-10/h4-5H,1-3,10H2,(H,12,14). The number of rotatable bonds is 4. The molecule has 1 amide bonds. The van der Waals surface area contributed by atoms with Gasteiger partial charge in [-0.25, -0.2) is 15.6 Å². The molecule has 0 atom stereocenters. The Labute approximate surface area is 91.0 Å². The SMILES string of the molecule is NNC(=O)CCCn1cc(Cl)cnc1=O.